The zero-order valence-electron chi connectivity index (χ0n) is 18.4. The van der Waals surface area contributed by atoms with Crippen molar-refractivity contribution in [3.05, 3.63) is 42.5 Å². The van der Waals surface area contributed by atoms with Crippen molar-refractivity contribution in [3.8, 4) is 16.9 Å². The number of nitrogens with one attached hydrogen (secondary N) is 2. The molecule has 6 heteroatoms. The van der Waals surface area contributed by atoms with Gasteiger partial charge in [0.2, 0.25) is 5.95 Å². The van der Waals surface area contributed by atoms with Crippen LogP contribution in [0.4, 0.5) is 11.8 Å². The third-order valence-electron chi connectivity index (χ3n) is 5.60. The number of rotatable bonds is 4. The maximum Gasteiger partial charge on any atom is 0.222 e. The molecular formula is C24H31N5O. The smallest absolute Gasteiger partial charge is 0.222 e. The number of nitrogens with zero attached hydrogens (tertiary/aromatic N) is 2. The van der Waals surface area contributed by atoms with Gasteiger partial charge in [0.05, 0.1) is 5.52 Å². The number of ether oxygens (including phenoxy) is 1. The molecule has 1 saturated heterocycles. The summed E-state index contributed by atoms with van der Waals surface area (Å²) in [6, 6.07) is 14.4. The SMILES string of the molecule is CNc1nc(N)nc2cc(-c3ccccc3OC3CC(C)(C)NC(C)(C)C3)ccc12. The largest absolute Gasteiger partial charge is 0.490 e. The quantitative estimate of drug-likeness (QED) is 0.588. The van der Waals surface area contributed by atoms with E-state index in [1.165, 1.54) is 0 Å². The van der Waals surface area contributed by atoms with E-state index in [1.807, 2.05) is 31.3 Å². The fraction of sp³-hybridized carbons (Fsp3) is 0.417. The van der Waals surface area contributed by atoms with Gasteiger partial charge in [-0.1, -0.05) is 24.3 Å². The van der Waals surface area contributed by atoms with Crippen LogP contribution in [0.2, 0.25) is 0 Å². The molecule has 0 unspecified atom stereocenters. The van der Waals surface area contributed by atoms with Gasteiger partial charge in [-0.3, -0.25) is 0 Å². The van der Waals surface area contributed by atoms with Crippen LogP contribution in [-0.2, 0) is 0 Å². The van der Waals surface area contributed by atoms with E-state index in [2.05, 4.69) is 66.5 Å². The first-order valence-corrected chi connectivity index (χ1v) is 10.5. The van der Waals surface area contributed by atoms with Crippen LogP contribution in [0.3, 0.4) is 0 Å². The van der Waals surface area contributed by atoms with Crippen molar-refractivity contribution in [1.29, 1.82) is 0 Å². The zero-order chi connectivity index (χ0) is 21.5. The van der Waals surface area contributed by atoms with Gasteiger partial charge in [-0.25, -0.2) is 4.98 Å². The van der Waals surface area contributed by atoms with Gasteiger partial charge < -0.3 is 21.1 Å². The van der Waals surface area contributed by atoms with Gasteiger partial charge in [-0.05, 0) is 51.5 Å². The lowest BCUT2D eigenvalue weighted by molar-refractivity contribution is 0.0563. The molecule has 6 nitrogen and oxygen atoms in total. The molecular weight excluding hydrogens is 374 g/mol. The molecule has 3 aromatic rings. The Labute approximate surface area is 178 Å². The second-order valence-electron chi connectivity index (χ2n) is 9.45. The highest BCUT2D eigenvalue weighted by molar-refractivity contribution is 5.93. The van der Waals surface area contributed by atoms with Crippen molar-refractivity contribution in [2.45, 2.75) is 57.7 Å². The number of hydrogen-bond acceptors (Lipinski definition) is 6. The van der Waals surface area contributed by atoms with E-state index >= 15 is 0 Å². The van der Waals surface area contributed by atoms with Crippen LogP contribution >= 0.6 is 0 Å². The van der Waals surface area contributed by atoms with Gasteiger partial charge in [-0.15, -0.1) is 0 Å². The average Bonchev–Trinajstić information content (AvgIpc) is 2.64. The topological polar surface area (TPSA) is 85.1 Å². The van der Waals surface area contributed by atoms with Crippen LogP contribution in [0.25, 0.3) is 22.0 Å². The van der Waals surface area contributed by atoms with Crippen LogP contribution in [0.15, 0.2) is 42.5 Å². The van der Waals surface area contributed by atoms with Crippen LogP contribution in [0.5, 0.6) is 5.75 Å². The van der Waals surface area contributed by atoms with Crippen molar-refractivity contribution in [2.24, 2.45) is 0 Å². The molecule has 0 amide bonds. The van der Waals surface area contributed by atoms with Crippen molar-refractivity contribution < 1.29 is 4.74 Å². The first-order valence-electron chi connectivity index (χ1n) is 10.5. The van der Waals surface area contributed by atoms with Gasteiger partial charge in [0.25, 0.3) is 0 Å². The standard InChI is InChI=1S/C24H31N5O/c1-23(2)13-16(14-24(3,4)29-23)30-20-9-7-6-8-17(20)15-10-11-18-19(12-15)27-22(25)28-21(18)26-5/h6-12,16,29H,13-14H2,1-5H3,(H3,25,26,27,28). The van der Waals surface area contributed by atoms with E-state index < -0.39 is 0 Å². The number of nitrogen functional groups attached to an aromatic ring is 1. The summed E-state index contributed by atoms with van der Waals surface area (Å²) in [5.41, 5.74) is 8.87. The molecule has 0 aliphatic carbocycles. The predicted octanol–water partition coefficient (Wildman–Crippen LogP) is 4.61. The number of benzene rings is 2. The molecule has 0 saturated carbocycles. The third kappa shape index (κ3) is 4.19. The average molecular weight is 406 g/mol. The number of aromatic nitrogens is 2. The molecule has 1 aliphatic heterocycles. The number of nitrogens with two attached hydrogens (primary N) is 1. The van der Waals surface area contributed by atoms with Crippen LogP contribution in [-0.4, -0.2) is 34.2 Å². The number of para-hydroxylation sites is 1. The lowest BCUT2D eigenvalue weighted by atomic mass is 9.81. The maximum absolute atomic E-state index is 6.58. The number of piperidine rings is 1. The predicted molar refractivity (Wildman–Crippen MR) is 124 cm³/mol. The highest BCUT2D eigenvalue weighted by atomic mass is 16.5. The van der Waals surface area contributed by atoms with E-state index in [-0.39, 0.29) is 23.1 Å². The van der Waals surface area contributed by atoms with Gasteiger partial charge in [0.1, 0.15) is 17.7 Å². The Morgan fingerprint density at radius 1 is 1.03 bits per heavy atom. The number of fused-ring (bicyclic) bond motifs is 1. The van der Waals surface area contributed by atoms with Crippen molar-refractivity contribution in [1.82, 2.24) is 15.3 Å². The van der Waals surface area contributed by atoms with Gasteiger partial charge in [0.15, 0.2) is 0 Å². The molecule has 0 bridgehead atoms. The Balaban J connectivity index is 1.70. The summed E-state index contributed by atoms with van der Waals surface area (Å²) in [6.45, 7) is 8.96. The molecule has 1 aliphatic rings. The number of anilines is 2. The minimum atomic E-state index is 0.0301. The lowest BCUT2D eigenvalue weighted by Crippen LogP contribution is -2.60. The molecule has 4 N–H and O–H groups in total. The molecule has 1 fully saturated rings. The molecule has 0 radical (unpaired) electrons. The Hall–Kier alpha value is -2.86. The van der Waals surface area contributed by atoms with Crippen molar-refractivity contribution >= 4 is 22.7 Å². The van der Waals surface area contributed by atoms with Crippen molar-refractivity contribution in [2.75, 3.05) is 18.1 Å². The minimum Gasteiger partial charge on any atom is -0.490 e. The molecule has 1 aromatic heterocycles. The molecule has 0 spiro atoms. The Morgan fingerprint density at radius 3 is 2.43 bits per heavy atom. The summed E-state index contributed by atoms with van der Waals surface area (Å²) in [5, 5.41) is 7.75. The summed E-state index contributed by atoms with van der Waals surface area (Å²) >= 11 is 0. The second-order valence-corrected chi connectivity index (χ2v) is 9.45. The summed E-state index contributed by atoms with van der Waals surface area (Å²) in [7, 11) is 1.83. The number of hydrogen-bond donors (Lipinski definition) is 3. The highest BCUT2D eigenvalue weighted by Crippen LogP contribution is 2.37. The van der Waals surface area contributed by atoms with Gasteiger partial charge in [-0.2, -0.15) is 4.98 Å². The molecule has 30 heavy (non-hydrogen) atoms. The third-order valence-corrected chi connectivity index (χ3v) is 5.60. The van der Waals surface area contributed by atoms with Crippen LogP contribution < -0.4 is 21.1 Å². The monoisotopic (exact) mass is 405 g/mol. The zero-order valence-corrected chi connectivity index (χ0v) is 18.4. The Kier molecular flexibility index (Phi) is 5.06. The summed E-state index contributed by atoms with van der Waals surface area (Å²) in [6.07, 6.45) is 2.06. The van der Waals surface area contributed by atoms with Gasteiger partial charge >= 0.3 is 0 Å². The normalized spacial score (nSPS) is 18.3. The summed E-state index contributed by atoms with van der Waals surface area (Å²) < 4.78 is 6.58. The fourth-order valence-corrected chi connectivity index (χ4v) is 4.81. The second kappa shape index (κ2) is 7.43. The Morgan fingerprint density at radius 2 is 1.73 bits per heavy atom. The minimum absolute atomic E-state index is 0.0301. The van der Waals surface area contributed by atoms with Gasteiger partial charge in [0, 0.05) is 41.9 Å². The molecule has 2 aromatic carbocycles. The van der Waals surface area contributed by atoms with Crippen LogP contribution in [0.1, 0.15) is 40.5 Å². The molecule has 4 rings (SSSR count). The van der Waals surface area contributed by atoms with E-state index in [0.717, 1.165) is 46.4 Å². The maximum atomic E-state index is 6.58. The highest BCUT2D eigenvalue weighted by Gasteiger charge is 2.38. The lowest BCUT2D eigenvalue weighted by Gasteiger charge is -2.46. The Bertz CT molecular complexity index is 1060. The van der Waals surface area contributed by atoms with E-state index in [9.17, 15) is 0 Å². The summed E-state index contributed by atoms with van der Waals surface area (Å²) in [4.78, 5) is 8.70. The van der Waals surface area contributed by atoms with E-state index in [0.29, 0.717) is 0 Å². The fourth-order valence-electron chi connectivity index (χ4n) is 4.81. The van der Waals surface area contributed by atoms with Crippen LogP contribution in [0, 0.1) is 0 Å². The molecule has 0 atom stereocenters. The van der Waals surface area contributed by atoms with Crippen molar-refractivity contribution in [3.63, 3.8) is 0 Å². The molecule has 2 heterocycles. The first kappa shape index (κ1) is 20.4. The molecule has 158 valence electrons. The van der Waals surface area contributed by atoms with E-state index in [4.69, 9.17) is 10.5 Å². The first-order chi connectivity index (χ1) is 14.2. The summed E-state index contributed by atoms with van der Waals surface area (Å²) in [5.74, 6) is 1.88. The van der Waals surface area contributed by atoms with E-state index in [1.54, 1.807) is 0 Å².